The summed E-state index contributed by atoms with van der Waals surface area (Å²) < 4.78 is 0. The third-order valence-corrected chi connectivity index (χ3v) is 12.3. The molecule has 51 heavy (non-hydrogen) atoms. The van der Waals surface area contributed by atoms with Crippen molar-refractivity contribution in [2.45, 2.75) is 41.9 Å². The summed E-state index contributed by atoms with van der Waals surface area (Å²) in [5.41, 5.74) is 15.6. The zero-order chi connectivity index (χ0) is 34.1. The van der Waals surface area contributed by atoms with Crippen molar-refractivity contribution in [1.82, 2.24) is 0 Å². The van der Waals surface area contributed by atoms with Crippen LogP contribution in [0.4, 0.5) is 28.4 Å². The first-order valence-corrected chi connectivity index (χ1v) is 18.9. The molecule has 2 heterocycles. The Bertz CT molecular complexity index is 2500. The van der Waals surface area contributed by atoms with Crippen molar-refractivity contribution in [2.75, 3.05) is 16.3 Å². The van der Waals surface area contributed by atoms with E-state index in [1.54, 1.807) is 0 Å². The predicted octanol–water partition coefficient (Wildman–Crippen LogP) is 13.3. The maximum absolute atomic E-state index is 2.52. The van der Waals surface area contributed by atoms with Crippen molar-refractivity contribution in [2.24, 2.45) is 0 Å². The van der Waals surface area contributed by atoms with Crippen molar-refractivity contribution < 1.29 is 0 Å². The Kier molecular flexibility index (Phi) is 7.01. The fourth-order valence-electron chi connectivity index (χ4n) is 8.61. The third-order valence-electron chi connectivity index (χ3n) is 11.2. The van der Waals surface area contributed by atoms with Crippen LogP contribution in [0.3, 0.4) is 0 Å². The first-order valence-electron chi connectivity index (χ1n) is 18.1. The molecule has 0 N–H and O–H groups in total. The van der Waals surface area contributed by atoms with Gasteiger partial charge in [0.05, 0.1) is 17.1 Å². The number of anilines is 5. The molecule has 0 atom stereocenters. The average Bonchev–Trinajstić information content (AvgIpc) is 3.40. The van der Waals surface area contributed by atoms with Crippen LogP contribution in [0.5, 0.6) is 0 Å². The molecular formula is C48H38N2S. The molecule has 0 saturated heterocycles. The van der Waals surface area contributed by atoms with Gasteiger partial charge in [0.1, 0.15) is 0 Å². The standard InChI is InChI=1S/C48H38N2S/c1-48(2)40-30-32(22-26-37(40)38-27-25-35(31-41(38)48)49-29-11-13-34-12-3-6-16-42(34)49)21-23-33-24-28-43(39-15-5-4-14-36(33)39)50-44-17-7-9-19-46(44)51-47-20-10-8-18-45(47)50/h3-10,12,14-28,30-31H,11,13,29H2,1-2H3/b23-21+. The van der Waals surface area contributed by atoms with Gasteiger partial charge in [-0.25, -0.2) is 0 Å². The van der Waals surface area contributed by atoms with Crippen LogP contribution in [0.1, 0.15) is 48.1 Å². The Balaban J connectivity index is 0.996. The van der Waals surface area contributed by atoms with Crippen LogP contribution < -0.4 is 9.80 Å². The number of fused-ring (bicyclic) bond motifs is 7. The normalized spacial score (nSPS) is 15.3. The van der Waals surface area contributed by atoms with Crippen LogP contribution >= 0.6 is 11.8 Å². The lowest BCUT2D eigenvalue weighted by Gasteiger charge is -2.33. The molecular weight excluding hydrogens is 637 g/mol. The fourth-order valence-corrected chi connectivity index (χ4v) is 9.67. The van der Waals surface area contributed by atoms with Gasteiger partial charge in [0, 0.05) is 38.5 Å². The molecule has 2 nitrogen and oxygen atoms in total. The van der Waals surface area contributed by atoms with Gasteiger partial charge < -0.3 is 9.80 Å². The number of hydrogen-bond acceptors (Lipinski definition) is 3. The molecule has 10 rings (SSSR count). The van der Waals surface area contributed by atoms with E-state index >= 15 is 0 Å². The van der Waals surface area contributed by atoms with Gasteiger partial charge in [0.25, 0.3) is 0 Å². The Morgan fingerprint density at radius 1 is 0.569 bits per heavy atom. The molecule has 0 aromatic heterocycles. The lowest BCUT2D eigenvalue weighted by atomic mass is 9.81. The highest BCUT2D eigenvalue weighted by Crippen LogP contribution is 2.53. The van der Waals surface area contributed by atoms with Crippen molar-refractivity contribution >= 4 is 63.1 Å². The summed E-state index contributed by atoms with van der Waals surface area (Å²) in [6.45, 7) is 5.84. The first-order chi connectivity index (χ1) is 25.0. The number of aryl methyl sites for hydroxylation is 1. The second-order valence-corrected chi connectivity index (χ2v) is 15.6. The number of benzene rings is 7. The lowest BCUT2D eigenvalue weighted by molar-refractivity contribution is 0.659. The van der Waals surface area contributed by atoms with Gasteiger partial charge in [0.15, 0.2) is 0 Å². The van der Waals surface area contributed by atoms with E-state index in [2.05, 4.69) is 181 Å². The van der Waals surface area contributed by atoms with E-state index in [1.165, 1.54) is 94.4 Å². The summed E-state index contributed by atoms with van der Waals surface area (Å²) in [6.07, 6.45) is 6.93. The summed E-state index contributed by atoms with van der Waals surface area (Å²) in [7, 11) is 0. The molecule has 3 aliphatic rings. The molecule has 7 aromatic carbocycles. The molecule has 246 valence electrons. The minimum Gasteiger partial charge on any atom is -0.341 e. The molecule has 0 unspecified atom stereocenters. The zero-order valence-corrected chi connectivity index (χ0v) is 29.8. The molecule has 0 fully saturated rings. The minimum atomic E-state index is -0.0898. The summed E-state index contributed by atoms with van der Waals surface area (Å²) in [6, 6.07) is 54.0. The lowest BCUT2D eigenvalue weighted by Crippen LogP contribution is -2.25. The number of nitrogens with zero attached hydrogens (tertiary/aromatic N) is 2. The monoisotopic (exact) mass is 674 g/mol. The molecule has 0 saturated carbocycles. The topological polar surface area (TPSA) is 6.48 Å². The average molecular weight is 675 g/mol. The molecule has 0 amide bonds. The maximum Gasteiger partial charge on any atom is 0.0601 e. The van der Waals surface area contributed by atoms with Crippen LogP contribution in [0.25, 0.3) is 34.1 Å². The van der Waals surface area contributed by atoms with E-state index in [9.17, 15) is 0 Å². The summed E-state index contributed by atoms with van der Waals surface area (Å²) >= 11 is 1.85. The van der Waals surface area contributed by atoms with Crippen molar-refractivity contribution in [1.29, 1.82) is 0 Å². The first kappa shape index (κ1) is 30.3. The summed E-state index contributed by atoms with van der Waals surface area (Å²) in [5.74, 6) is 0. The maximum atomic E-state index is 2.52. The Morgan fingerprint density at radius 2 is 1.22 bits per heavy atom. The predicted molar refractivity (Wildman–Crippen MR) is 217 cm³/mol. The van der Waals surface area contributed by atoms with E-state index in [4.69, 9.17) is 0 Å². The summed E-state index contributed by atoms with van der Waals surface area (Å²) in [5, 5.41) is 2.49. The van der Waals surface area contributed by atoms with E-state index in [0.29, 0.717) is 0 Å². The molecule has 0 bridgehead atoms. The second kappa shape index (κ2) is 11.8. The SMILES string of the molecule is CC1(C)c2cc(/C=C/c3ccc(N4c5ccccc5Sc5ccccc54)c4ccccc34)ccc2-c2ccc(N3CCCc4ccccc43)cc21. The highest BCUT2D eigenvalue weighted by atomic mass is 32.2. The quantitative estimate of drug-likeness (QED) is 0.172. The third kappa shape index (κ3) is 4.87. The van der Waals surface area contributed by atoms with Gasteiger partial charge >= 0.3 is 0 Å². The van der Waals surface area contributed by atoms with Crippen LogP contribution in [0, 0.1) is 0 Å². The van der Waals surface area contributed by atoms with E-state index < -0.39 is 0 Å². The Morgan fingerprint density at radius 3 is 2.00 bits per heavy atom. The molecule has 2 aliphatic heterocycles. The van der Waals surface area contributed by atoms with E-state index in [0.717, 1.165) is 13.0 Å². The molecule has 3 heteroatoms. The molecule has 7 aromatic rings. The van der Waals surface area contributed by atoms with Gasteiger partial charge in [-0.2, -0.15) is 0 Å². The number of para-hydroxylation sites is 3. The second-order valence-electron chi connectivity index (χ2n) is 14.5. The minimum absolute atomic E-state index is 0.0898. The van der Waals surface area contributed by atoms with Crippen LogP contribution in [-0.2, 0) is 11.8 Å². The Labute approximate surface area is 304 Å². The van der Waals surface area contributed by atoms with Crippen LogP contribution in [0.2, 0.25) is 0 Å². The van der Waals surface area contributed by atoms with Crippen molar-refractivity contribution in [3.05, 3.63) is 173 Å². The number of hydrogen-bond donors (Lipinski definition) is 0. The molecule has 0 radical (unpaired) electrons. The highest BCUT2D eigenvalue weighted by molar-refractivity contribution is 7.99. The van der Waals surface area contributed by atoms with Crippen LogP contribution in [-0.4, -0.2) is 6.54 Å². The van der Waals surface area contributed by atoms with Gasteiger partial charge in [-0.1, -0.05) is 135 Å². The fraction of sp³-hybridized carbons (Fsp3) is 0.125. The van der Waals surface area contributed by atoms with Crippen molar-refractivity contribution in [3.63, 3.8) is 0 Å². The van der Waals surface area contributed by atoms with Gasteiger partial charge in [-0.05, 0) is 106 Å². The van der Waals surface area contributed by atoms with E-state index in [1.807, 2.05) is 11.8 Å². The smallest absolute Gasteiger partial charge is 0.0601 e. The van der Waals surface area contributed by atoms with Crippen molar-refractivity contribution in [3.8, 4) is 11.1 Å². The molecule has 1 aliphatic carbocycles. The zero-order valence-electron chi connectivity index (χ0n) is 28.9. The largest absolute Gasteiger partial charge is 0.341 e. The number of rotatable bonds is 4. The Hall–Kier alpha value is -5.51. The van der Waals surface area contributed by atoms with E-state index in [-0.39, 0.29) is 5.41 Å². The highest BCUT2D eigenvalue weighted by Gasteiger charge is 2.36. The molecule has 0 spiro atoms. The van der Waals surface area contributed by atoms with Gasteiger partial charge in [0.2, 0.25) is 0 Å². The van der Waals surface area contributed by atoms with Gasteiger partial charge in [-0.3, -0.25) is 0 Å². The van der Waals surface area contributed by atoms with Crippen LogP contribution in [0.15, 0.2) is 155 Å². The van der Waals surface area contributed by atoms with Gasteiger partial charge in [-0.15, -0.1) is 0 Å². The summed E-state index contributed by atoms with van der Waals surface area (Å²) in [4.78, 5) is 7.51.